The van der Waals surface area contributed by atoms with Crippen molar-refractivity contribution in [3.63, 3.8) is 0 Å². The number of carbonyl (C=O) groups excluding carboxylic acids is 2. The summed E-state index contributed by atoms with van der Waals surface area (Å²) < 4.78 is 40.2. The Morgan fingerprint density at radius 2 is 2.00 bits per heavy atom. The van der Waals surface area contributed by atoms with E-state index >= 15 is 0 Å². The minimum atomic E-state index is -4.79. The second kappa shape index (κ2) is 5.31. The summed E-state index contributed by atoms with van der Waals surface area (Å²) in [7, 11) is 0. The highest BCUT2D eigenvalue weighted by molar-refractivity contribution is 9.10. The SMILES string of the molecule is O=C1CCN(c2ccc(OC(F)(F)F)c(Br)c2)C(=O)N1. The molecule has 0 spiro atoms. The molecule has 20 heavy (non-hydrogen) atoms. The number of halogens is 4. The second-order valence-electron chi connectivity index (χ2n) is 3.92. The molecule has 3 amide bonds. The fraction of sp³-hybridized carbons (Fsp3) is 0.273. The molecule has 1 aliphatic rings. The van der Waals surface area contributed by atoms with E-state index in [1.54, 1.807) is 0 Å². The average molecular weight is 353 g/mol. The number of hydrogen-bond donors (Lipinski definition) is 1. The van der Waals surface area contributed by atoms with E-state index in [0.717, 1.165) is 6.07 Å². The fourth-order valence-corrected chi connectivity index (χ4v) is 2.12. The number of alkyl halides is 3. The van der Waals surface area contributed by atoms with Crippen LogP contribution in [0.2, 0.25) is 0 Å². The lowest BCUT2D eigenvalue weighted by Gasteiger charge is -2.27. The zero-order chi connectivity index (χ0) is 14.9. The summed E-state index contributed by atoms with van der Waals surface area (Å²) in [5, 5.41) is 2.12. The Hall–Kier alpha value is -1.77. The Balaban J connectivity index is 2.21. The monoisotopic (exact) mass is 352 g/mol. The van der Waals surface area contributed by atoms with Crippen LogP contribution in [-0.2, 0) is 4.79 Å². The van der Waals surface area contributed by atoms with Crippen molar-refractivity contribution in [1.82, 2.24) is 5.32 Å². The van der Waals surface area contributed by atoms with E-state index in [0.29, 0.717) is 5.69 Å². The molecule has 0 radical (unpaired) electrons. The van der Waals surface area contributed by atoms with Gasteiger partial charge in [0.05, 0.1) is 4.47 Å². The van der Waals surface area contributed by atoms with Gasteiger partial charge in [-0.05, 0) is 34.1 Å². The average Bonchev–Trinajstić information content (AvgIpc) is 2.30. The number of ether oxygens (including phenoxy) is 1. The lowest BCUT2D eigenvalue weighted by atomic mass is 10.2. The van der Waals surface area contributed by atoms with E-state index in [9.17, 15) is 22.8 Å². The molecule has 1 aromatic rings. The predicted octanol–water partition coefficient (Wildman–Crippen LogP) is 2.79. The Labute approximate surface area is 119 Å². The van der Waals surface area contributed by atoms with Gasteiger partial charge in [-0.25, -0.2) is 4.79 Å². The van der Waals surface area contributed by atoms with E-state index in [1.807, 2.05) is 0 Å². The van der Waals surface area contributed by atoms with Crippen molar-refractivity contribution >= 4 is 33.6 Å². The number of nitrogens with one attached hydrogen (secondary N) is 1. The van der Waals surface area contributed by atoms with E-state index in [-0.39, 0.29) is 23.3 Å². The van der Waals surface area contributed by atoms with Gasteiger partial charge in [-0.15, -0.1) is 13.2 Å². The molecule has 1 aliphatic heterocycles. The van der Waals surface area contributed by atoms with Crippen molar-refractivity contribution in [3.05, 3.63) is 22.7 Å². The molecule has 108 valence electrons. The van der Waals surface area contributed by atoms with Gasteiger partial charge in [0.1, 0.15) is 5.75 Å². The third-order valence-electron chi connectivity index (χ3n) is 2.51. The number of urea groups is 1. The molecule has 5 nitrogen and oxygen atoms in total. The number of benzene rings is 1. The highest BCUT2D eigenvalue weighted by atomic mass is 79.9. The summed E-state index contributed by atoms with van der Waals surface area (Å²) in [6.45, 7) is 0.163. The van der Waals surface area contributed by atoms with Gasteiger partial charge in [0.2, 0.25) is 5.91 Å². The molecule has 1 fully saturated rings. The van der Waals surface area contributed by atoms with Gasteiger partial charge in [0, 0.05) is 18.7 Å². The first-order chi connectivity index (χ1) is 9.26. The number of imide groups is 1. The maximum Gasteiger partial charge on any atom is 0.573 e. The highest BCUT2D eigenvalue weighted by Crippen LogP contribution is 2.33. The molecule has 1 aromatic carbocycles. The summed E-state index contributed by atoms with van der Waals surface area (Å²) in [6.07, 6.45) is -4.66. The molecular formula is C11H8BrF3N2O3. The third-order valence-corrected chi connectivity index (χ3v) is 3.13. The molecule has 0 saturated carbocycles. The minimum Gasteiger partial charge on any atom is -0.405 e. The Bertz CT molecular complexity index is 562. The van der Waals surface area contributed by atoms with Gasteiger partial charge < -0.3 is 4.74 Å². The number of carbonyl (C=O) groups is 2. The third kappa shape index (κ3) is 3.41. The van der Waals surface area contributed by atoms with Crippen molar-refractivity contribution in [1.29, 1.82) is 0 Å². The maximum atomic E-state index is 12.1. The Morgan fingerprint density at radius 1 is 1.30 bits per heavy atom. The zero-order valence-corrected chi connectivity index (χ0v) is 11.4. The number of amides is 3. The van der Waals surface area contributed by atoms with Crippen LogP contribution in [0, 0.1) is 0 Å². The van der Waals surface area contributed by atoms with Crippen molar-refractivity contribution in [3.8, 4) is 5.75 Å². The molecule has 1 saturated heterocycles. The first kappa shape index (κ1) is 14.6. The molecule has 1 heterocycles. The van der Waals surface area contributed by atoms with Crippen LogP contribution in [0.15, 0.2) is 22.7 Å². The minimum absolute atomic E-state index is 0.0528. The van der Waals surface area contributed by atoms with Crippen LogP contribution in [-0.4, -0.2) is 24.8 Å². The van der Waals surface area contributed by atoms with E-state index in [1.165, 1.54) is 17.0 Å². The van der Waals surface area contributed by atoms with Crippen LogP contribution in [0.25, 0.3) is 0 Å². The van der Waals surface area contributed by atoms with Crippen molar-refractivity contribution in [2.75, 3.05) is 11.4 Å². The number of hydrogen-bond acceptors (Lipinski definition) is 3. The van der Waals surface area contributed by atoms with E-state index < -0.39 is 18.1 Å². The van der Waals surface area contributed by atoms with Crippen LogP contribution >= 0.6 is 15.9 Å². The number of anilines is 1. The predicted molar refractivity (Wildman–Crippen MR) is 66.3 cm³/mol. The van der Waals surface area contributed by atoms with E-state index in [2.05, 4.69) is 26.0 Å². The first-order valence-electron chi connectivity index (χ1n) is 5.43. The van der Waals surface area contributed by atoms with Gasteiger partial charge in [-0.1, -0.05) is 0 Å². The van der Waals surface area contributed by atoms with Crippen molar-refractivity contribution in [2.24, 2.45) is 0 Å². The molecule has 0 atom stereocenters. The summed E-state index contributed by atoms with van der Waals surface area (Å²) in [4.78, 5) is 23.9. The molecule has 9 heteroatoms. The summed E-state index contributed by atoms with van der Waals surface area (Å²) in [5.74, 6) is -0.794. The smallest absolute Gasteiger partial charge is 0.405 e. The van der Waals surface area contributed by atoms with Gasteiger partial charge >= 0.3 is 12.4 Å². The molecular weight excluding hydrogens is 345 g/mol. The largest absolute Gasteiger partial charge is 0.573 e. The maximum absolute atomic E-state index is 12.1. The van der Waals surface area contributed by atoms with Crippen molar-refractivity contribution in [2.45, 2.75) is 12.8 Å². The van der Waals surface area contributed by atoms with Gasteiger partial charge in [-0.3, -0.25) is 15.0 Å². The topological polar surface area (TPSA) is 58.6 Å². The van der Waals surface area contributed by atoms with Crippen LogP contribution < -0.4 is 15.0 Å². The molecule has 2 rings (SSSR count). The normalized spacial score (nSPS) is 16.1. The Morgan fingerprint density at radius 3 is 2.55 bits per heavy atom. The standard InChI is InChI=1S/C11H8BrF3N2O3/c12-7-5-6(1-2-8(7)20-11(13,14)15)17-4-3-9(18)16-10(17)19/h1-2,5H,3-4H2,(H,16,18,19). The Kier molecular flexibility index (Phi) is 3.89. The first-order valence-corrected chi connectivity index (χ1v) is 6.22. The van der Waals surface area contributed by atoms with Crippen LogP contribution in [0.3, 0.4) is 0 Å². The molecule has 0 bridgehead atoms. The second-order valence-corrected chi connectivity index (χ2v) is 4.77. The lowest BCUT2D eigenvalue weighted by Crippen LogP contribution is -2.49. The number of rotatable bonds is 2. The molecule has 0 aliphatic carbocycles. The van der Waals surface area contributed by atoms with Gasteiger partial charge in [0.15, 0.2) is 0 Å². The van der Waals surface area contributed by atoms with Crippen LogP contribution in [0.4, 0.5) is 23.7 Å². The van der Waals surface area contributed by atoms with E-state index in [4.69, 9.17) is 0 Å². The van der Waals surface area contributed by atoms with Crippen LogP contribution in [0.5, 0.6) is 5.75 Å². The lowest BCUT2D eigenvalue weighted by molar-refractivity contribution is -0.274. The molecule has 0 unspecified atom stereocenters. The number of nitrogens with zero attached hydrogens (tertiary/aromatic N) is 1. The summed E-state index contributed by atoms with van der Waals surface area (Å²) >= 11 is 2.95. The fourth-order valence-electron chi connectivity index (χ4n) is 1.68. The zero-order valence-electron chi connectivity index (χ0n) is 9.83. The summed E-state index contributed by atoms with van der Waals surface area (Å²) in [5.41, 5.74) is 0.358. The molecule has 1 N–H and O–H groups in total. The van der Waals surface area contributed by atoms with Crippen LogP contribution in [0.1, 0.15) is 6.42 Å². The van der Waals surface area contributed by atoms with Crippen molar-refractivity contribution < 1.29 is 27.5 Å². The highest BCUT2D eigenvalue weighted by Gasteiger charge is 2.32. The van der Waals surface area contributed by atoms with Gasteiger partial charge in [-0.2, -0.15) is 0 Å². The quantitative estimate of drug-likeness (QED) is 0.890. The molecule has 0 aromatic heterocycles. The van der Waals surface area contributed by atoms with Gasteiger partial charge in [0.25, 0.3) is 0 Å². The summed E-state index contributed by atoms with van der Waals surface area (Å²) in [6, 6.07) is 3.10.